The van der Waals surface area contributed by atoms with Gasteiger partial charge >= 0.3 is 0 Å². The molecule has 1 amide bonds. The molecular weight excluding hydrogens is 368 g/mol. The number of aromatic nitrogens is 1. The minimum absolute atomic E-state index is 0.124. The highest BCUT2D eigenvalue weighted by atomic mass is 16.5. The van der Waals surface area contributed by atoms with Crippen molar-refractivity contribution in [3.05, 3.63) is 17.5 Å². The highest BCUT2D eigenvalue weighted by molar-refractivity contribution is 5.83. The number of piperidine rings is 1. The van der Waals surface area contributed by atoms with Gasteiger partial charge < -0.3 is 19.9 Å². The van der Waals surface area contributed by atoms with Crippen molar-refractivity contribution < 1.29 is 14.1 Å². The van der Waals surface area contributed by atoms with Gasteiger partial charge in [-0.15, -0.1) is 0 Å². The van der Waals surface area contributed by atoms with Crippen LogP contribution in [0.2, 0.25) is 0 Å². The zero-order valence-corrected chi connectivity index (χ0v) is 18.5. The van der Waals surface area contributed by atoms with Gasteiger partial charge in [-0.25, -0.2) is 0 Å². The van der Waals surface area contributed by atoms with Gasteiger partial charge in [-0.2, -0.15) is 0 Å². The van der Waals surface area contributed by atoms with Gasteiger partial charge in [-0.1, -0.05) is 5.16 Å². The molecule has 3 rings (SSSR count). The third-order valence-corrected chi connectivity index (χ3v) is 6.37. The van der Waals surface area contributed by atoms with Crippen LogP contribution in [0.4, 0.5) is 0 Å². The molecule has 0 saturated carbocycles. The highest BCUT2D eigenvalue weighted by Gasteiger charge is 2.41. The Morgan fingerprint density at radius 2 is 2.17 bits per heavy atom. The van der Waals surface area contributed by atoms with Crippen LogP contribution in [0.25, 0.3) is 0 Å². The Bertz CT molecular complexity index is 638. The van der Waals surface area contributed by atoms with Gasteiger partial charge in [-0.3, -0.25) is 9.69 Å². The van der Waals surface area contributed by atoms with Crippen LogP contribution in [0.1, 0.15) is 64.3 Å². The number of nitrogens with zero attached hydrogens (tertiary/aromatic N) is 2. The summed E-state index contributed by atoms with van der Waals surface area (Å²) in [4.78, 5) is 15.7. The van der Waals surface area contributed by atoms with Crippen LogP contribution in [0.5, 0.6) is 0 Å². The molecule has 29 heavy (non-hydrogen) atoms. The molecule has 2 atom stereocenters. The maximum Gasteiger partial charge on any atom is 0.228 e. The lowest BCUT2D eigenvalue weighted by Gasteiger charge is -2.36. The van der Waals surface area contributed by atoms with Gasteiger partial charge in [0.1, 0.15) is 5.76 Å². The van der Waals surface area contributed by atoms with E-state index in [1.165, 1.54) is 0 Å². The van der Waals surface area contributed by atoms with Gasteiger partial charge in [0.25, 0.3) is 0 Å². The molecule has 0 bridgehead atoms. The smallest absolute Gasteiger partial charge is 0.228 e. The molecule has 0 aliphatic carbocycles. The first-order valence-corrected chi connectivity index (χ1v) is 11.2. The van der Waals surface area contributed by atoms with Crippen LogP contribution in [-0.4, -0.2) is 67.4 Å². The third kappa shape index (κ3) is 5.58. The number of carbonyl (C=O) groups excluding carboxylic acids is 1. The summed E-state index contributed by atoms with van der Waals surface area (Å²) < 4.78 is 11.1. The van der Waals surface area contributed by atoms with Crippen molar-refractivity contribution in [3.63, 3.8) is 0 Å². The molecule has 7 heteroatoms. The molecule has 2 saturated heterocycles. The third-order valence-electron chi connectivity index (χ3n) is 6.37. The number of amides is 1. The summed E-state index contributed by atoms with van der Waals surface area (Å²) >= 11 is 0. The molecule has 2 fully saturated rings. The quantitative estimate of drug-likeness (QED) is 0.655. The monoisotopic (exact) mass is 406 g/mol. The number of carbonyl (C=O) groups is 1. The van der Waals surface area contributed by atoms with E-state index in [4.69, 9.17) is 9.26 Å². The lowest BCUT2D eigenvalue weighted by Crippen LogP contribution is -2.53. The first kappa shape index (κ1) is 22.2. The zero-order chi connectivity index (χ0) is 20.9. The Balaban J connectivity index is 1.62. The molecule has 3 heterocycles. The van der Waals surface area contributed by atoms with E-state index in [9.17, 15) is 4.79 Å². The number of hydrogen-bond acceptors (Lipinski definition) is 6. The molecule has 164 valence electrons. The van der Waals surface area contributed by atoms with E-state index in [2.05, 4.69) is 48.4 Å². The molecule has 7 nitrogen and oxygen atoms in total. The van der Waals surface area contributed by atoms with Gasteiger partial charge in [0.2, 0.25) is 5.91 Å². The summed E-state index contributed by atoms with van der Waals surface area (Å²) in [5.41, 5.74) is 0.489. The largest absolute Gasteiger partial charge is 0.381 e. The van der Waals surface area contributed by atoms with Crippen LogP contribution in [0.15, 0.2) is 10.6 Å². The average Bonchev–Trinajstić information content (AvgIpc) is 3.36. The fourth-order valence-corrected chi connectivity index (χ4v) is 4.70. The Morgan fingerprint density at radius 3 is 2.79 bits per heavy atom. The SMILES string of the molecule is CC(C)N(CCNC(=O)[C@]1(Cc2cc([C@H]3CCOC3)no2)CCCNC1)C(C)C. The summed E-state index contributed by atoms with van der Waals surface area (Å²) in [6.45, 7) is 13.5. The Kier molecular flexibility index (Phi) is 7.71. The summed E-state index contributed by atoms with van der Waals surface area (Å²) in [6, 6.07) is 2.95. The van der Waals surface area contributed by atoms with Crippen LogP contribution in [-0.2, 0) is 16.0 Å². The van der Waals surface area contributed by atoms with E-state index >= 15 is 0 Å². The summed E-state index contributed by atoms with van der Waals surface area (Å²) in [7, 11) is 0. The molecule has 0 spiro atoms. The van der Waals surface area contributed by atoms with Crippen LogP contribution < -0.4 is 10.6 Å². The first-order chi connectivity index (χ1) is 13.9. The Hall–Kier alpha value is -1.44. The van der Waals surface area contributed by atoms with E-state index in [1.807, 2.05) is 6.07 Å². The zero-order valence-electron chi connectivity index (χ0n) is 18.5. The average molecular weight is 407 g/mol. The van der Waals surface area contributed by atoms with E-state index in [1.54, 1.807) is 0 Å². The summed E-state index contributed by atoms with van der Waals surface area (Å²) in [6.07, 6.45) is 3.44. The highest BCUT2D eigenvalue weighted by Crippen LogP contribution is 2.33. The number of nitrogens with one attached hydrogen (secondary N) is 2. The van der Waals surface area contributed by atoms with E-state index in [0.29, 0.717) is 44.1 Å². The minimum Gasteiger partial charge on any atom is -0.381 e. The Morgan fingerprint density at radius 1 is 1.38 bits per heavy atom. The lowest BCUT2D eigenvalue weighted by atomic mass is 9.76. The Labute approximate surface area is 174 Å². The van der Waals surface area contributed by atoms with Crippen molar-refractivity contribution in [2.24, 2.45) is 5.41 Å². The normalized spacial score (nSPS) is 25.3. The maximum absolute atomic E-state index is 13.3. The van der Waals surface area contributed by atoms with Crippen LogP contribution >= 0.6 is 0 Å². The number of ether oxygens (including phenoxy) is 1. The minimum atomic E-state index is -0.471. The predicted octanol–water partition coefficient (Wildman–Crippen LogP) is 2.33. The topological polar surface area (TPSA) is 79.6 Å². The van der Waals surface area contributed by atoms with E-state index < -0.39 is 5.41 Å². The lowest BCUT2D eigenvalue weighted by molar-refractivity contribution is -0.132. The van der Waals surface area contributed by atoms with Crippen LogP contribution in [0, 0.1) is 5.41 Å². The summed E-state index contributed by atoms with van der Waals surface area (Å²) in [5, 5.41) is 10.9. The van der Waals surface area contributed by atoms with Gasteiger partial charge in [0, 0.05) is 56.7 Å². The molecule has 0 aromatic carbocycles. The standard InChI is InChI=1S/C22H38N4O3/c1-16(2)26(17(3)4)10-9-24-21(27)22(7-5-8-23-15-22)13-19-12-20(25-29-19)18-6-11-28-14-18/h12,16-18,23H,5-11,13-15H2,1-4H3,(H,24,27)/t18-,22-/m0/s1. The molecule has 0 radical (unpaired) electrons. The maximum atomic E-state index is 13.3. The van der Waals surface area contributed by atoms with Crippen molar-refractivity contribution in [1.82, 2.24) is 20.7 Å². The molecular formula is C22H38N4O3. The number of rotatable bonds is 9. The van der Waals surface area contributed by atoms with E-state index in [0.717, 1.165) is 50.4 Å². The van der Waals surface area contributed by atoms with Crippen LogP contribution in [0.3, 0.4) is 0 Å². The fraction of sp³-hybridized carbons (Fsp3) is 0.818. The fourth-order valence-electron chi connectivity index (χ4n) is 4.70. The molecule has 2 aliphatic rings. The molecule has 1 aromatic rings. The second-order valence-corrected chi connectivity index (χ2v) is 9.20. The van der Waals surface area contributed by atoms with Crippen molar-refractivity contribution in [2.45, 2.75) is 71.4 Å². The predicted molar refractivity (Wildman–Crippen MR) is 113 cm³/mol. The molecule has 0 unspecified atom stereocenters. The number of hydrogen-bond donors (Lipinski definition) is 2. The van der Waals surface area contributed by atoms with Crippen molar-refractivity contribution in [1.29, 1.82) is 0 Å². The van der Waals surface area contributed by atoms with Gasteiger partial charge in [-0.05, 0) is 53.5 Å². The van der Waals surface area contributed by atoms with Gasteiger partial charge in [0.05, 0.1) is 17.7 Å². The molecule has 1 aromatic heterocycles. The van der Waals surface area contributed by atoms with Crippen molar-refractivity contribution >= 4 is 5.91 Å². The second-order valence-electron chi connectivity index (χ2n) is 9.20. The van der Waals surface area contributed by atoms with Crippen molar-refractivity contribution in [2.75, 3.05) is 39.4 Å². The van der Waals surface area contributed by atoms with Crippen molar-refractivity contribution in [3.8, 4) is 0 Å². The molecule has 2 aliphatic heterocycles. The summed E-state index contributed by atoms with van der Waals surface area (Å²) in [5.74, 6) is 1.25. The second kappa shape index (κ2) is 10.0. The van der Waals surface area contributed by atoms with Gasteiger partial charge in [0.15, 0.2) is 0 Å². The van der Waals surface area contributed by atoms with E-state index in [-0.39, 0.29) is 5.91 Å². The molecule has 2 N–H and O–H groups in total. The first-order valence-electron chi connectivity index (χ1n) is 11.2.